The Morgan fingerprint density at radius 3 is 2.68 bits per heavy atom. The summed E-state index contributed by atoms with van der Waals surface area (Å²) in [6.45, 7) is 0. The summed E-state index contributed by atoms with van der Waals surface area (Å²) in [6, 6.07) is 7.15. The molecule has 0 saturated heterocycles. The SMILES string of the molecule is [O-][n+]1cccc2c1Nc1ccc(Cl)cc1C2(CCC1CC1)C(F)(F)F. The van der Waals surface area contributed by atoms with Gasteiger partial charge in [0.2, 0.25) is 0 Å². The van der Waals surface area contributed by atoms with E-state index in [0.29, 0.717) is 17.1 Å². The summed E-state index contributed by atoms with van der Waals surface area (Å²) in [4.78, 5) is 0. The minimum Gasteiger partial charge on any atom is -0.711 e. The van der Waals surface area contributed by atoms with E-state index in [-0.39, 0.29) is 34.1 Å². The Morgan fingerprint density at radius 1 is 1.24 bits per heavy atom. The van der Waals surface area contributed by atoms with E-state index in [2.05, 4.69) is 5.32 Å². The van der Waals surface area contributed by atoms with Gasteiger partial charge in [-0.1, -0.05) is 24.4 Å². The number of hydrogen-bond acceptors (Lipinski definition) is 2. The van der Waals surface area contributed by atoms with Crippen LogP contribution in [0.15, 0.2) is 36.5 Å². The van der Waals surface area contributed by atoms with Crippen LogP contribution in [0.2, 0.25) is 5.02 Å². The summed E-state index contributed by atoms with van der Waals surface area (Å²) in [5, 5.41) is 15.3. The molecule has 7 heteroatoms. The molecule has 25 heavy (non-hydrogen) atoms. The number of rotatable bonds is 3. The minimum atomic E-state index is -4.55. The Kier molecular flexibility index (Phi) is 3.65. The van der Waals surface area contributed by atoms with E-state index < -0.39 is 11.6 Å². The molecule has 132 valence electrons. The van der Waals surface area contributed by atoms with Gasteiger partial charge in [0.15, 0.2) is 0 Å². The highest BCUT2D eigenvalue weighted by Crippen LogP contribution is 2.57. The molecule has 1 saturated carbocycles. The number of benzene rings is 1. The monoisotopic (exact) mass is 368 g/mol. The normalized spacial score (nSPS) is 22.1. The number of hydrogen-bond donors (Lipinski definition) is 1. The average molecular weight is 369 g/mol. The van der Waals surface area contributed by atoms with Crippen molar-refractivity contribution in [3.63, 3.8) is 0 Å². The molecule has 1 fully saturated rings. The van der Waals surface area contributed by atoms with Gasteiger partial charge in [-0.15, -0.1) is 0 Å². The third kappa shape index (κ3) is 2.54. The van der Waals surface area contributed by atoms with Crippen molar-refractivity contribution in [3.05, 3.63) is 57.9 Å². The van der Waals surface area contributed by atoms with Crippen molar-refractivity contribution in [1.29, 1.82) is 0 Å². The standard InChI is InChI=1S/C18H16ClF3N2O/c19-12-5-6-15-14(10-12)17(18(20,21)22,8-7-11-3-4-11)13-2-1-9-24(25)16(13)23-15/h1-2,5-6,9-11,23H,3-4,7-8H2. The van der Waals surface area contributed by atoms with E-state index in [1.807, 2.05) is 0 Å². The first kappa shape index (κ1) is 16.5. The predicted octanol–water partition coefficient (Wildman–Crippen LogP) is 5.07. The first-order valence-electron chi connectivity index (χ1n) is 8.19. The molecule has 2 aromatic rings. The van der Waals surface area contributed by atoms with E-state index >= 15 is 0 Å². The summed E-state index contributed by atoms with van der Waals surface area (Å²) in [5.41, 5.74) is -1.90. The molecule has 0 spiro atoms. The summed E-state index contributed by atoms with van der Waals surface area (Å²) >= 11 is 6.03. The minimum absolute atomic E-state index is 0.0343. The molecule has 4 rings (SSSR count). The van der Waals surface area contributed by atoms with Crippen LogP contribution in [0.25, 0.3) is 0 Å². The molecular formula is C18H16ClF3N2O. The predicted molar refractivity (Wildman–Crippen MR) is 88.9 cm³/mol. The maximum atomic E-state index is 14.5. The first-order chi connectivity index (χ1) is 11.8. The van der Waals surface area contributed by atoms with Gasteiger partial charge in [-0.2, -0.15) is 13.2 Å². The van der Waals surface area contributed by atoms with Crippen molar-refractivity contribution in [2.24, 2.45) is 5.92 Å². The number of pyridine rings is 1. The highest BCUT2D eigenvalue weighted by molar-refractivity contribution is 6.30. The van der Waals surface area contributed by atoms with Gasteiger partial charge in [0.05, 0.1) is 11.8 Å². The molecule has 1 N–H and O–H groups in total. The number of aromatic nitrogens is 1. The molecule has 1 aromatic heterocycles. The number of nitrogens with one attached hydrogen (secondary N) is 1. The van der Waals surface area contributed by atoms with Crippen LogP contribution in [0.3, 0.4) is 0 Å². The van der Waals surface area contributed by atoms with Gasteiger partial charge in [-0.05, 0) is 49.1 Å². The third-order valence-corrected chi connectivity index (χ3v) is 5.46. The maximum Gasteiger partial charge on any atom is 0.402 e. The summed E-state index contributed by atoms with van der Waals surface area (Å²) in [5.74, 6) is 0.272. The van der Waals surface area contributed by atoms with Crippen molar-refractivity contribution in [1.82, 2.24) is 0 Å². The van der Waals surface area contributed by atoms with Gasteiger partial charge >= 0.3 is 6.18 Å². The molecule has 2 heterocycles. The van der Waals surface area contributed by atoms with Crippen LogP contribution in [0.1, 0.15) is 36.8 Å². The van der Waals surface area contributed by atoms with Crippen molar-refractivity contribution >= 4 is 23.1 Å². The Bertz CT molecular complexity index is 832. The van der Waals surface area contributed by atoms with Crippen LogP contribution in [0.5, 0.6) is 0 Å². The average Bonchev–Trinajstić information content (AvgIpc) is 3.36. The Balaban J connectivity index is 1.99. The second-order valence-electron chi connectivity index (χ2n) is 6.80. The van der Waals surface area contributed by atoms with Crippen molar-refractivity contribution < 1.29 is 17.9 Å². The van der Waals surface area contributed by atoms with Crippen molar-refractivity contribution in [3.8, 4) is 0 Å². The van der Waals surface area contributed by atoms with E-state index in [4.69, 9.17) is 11.6 Å². The number of anilines is 2. The van der Waals surface area contributed by atoms with E-state index in [0.717, 1.165) is 12.8 Å². The lowest BCUT2D eigenvalue weighted by atomic mass is 9.68. The van der Waals surface area contributed by atoms with Gasteiger partial charge in [0.1, 0.15) is 11.1 Å². The highest BCUT2D eigenvalue weighted by atomic mass is 35.5. The number of nitrogens with zero attached hydrogens (tertiary/aromatic N) is 1. The molecule has 1 aromatic carbocycles. The zero-order valence-corrected chi connectivity index (χ0v) is 14.0. The van der Waals surface area contributed by atoms with Crippen LogP contribution in [0, 0.1) is 11.1 Å². The zero-order valence-electron chi connectivity index (χ0n) is 13.2. The topological polar surface area (TPSA) is 39.0 Å². The molecule has 0 bridgehead atoms. The molecule has 1 aliphatic heterocycles. The van der Waals surface area contributed by atoms with Crippen molar-refractivity contribution in [2.45, 2.75) is 37.3 Å². The van der Waals surface area contributed by atoms with Gasteiger partial charge in [0.25, 0.3) is 5.82 Å². The zero-order chi connectivity index (χ0) is 17.8. The molecule has 0 amide bonds. The molecular weight excluding hydrogens is 353 g/mol. The number of alkyl halides is 3. The Morgan fingerprint density at radius 2 is 2.00 bits per heavy atom. The van der Waals surface area contributed by atoms with Crippen LogP contribution >= 0.6 is 11.6 Å². The first-order valence-corrected chi connectivity index (χ1v) is 8.57. The Labute approximate surface area is 148 Å². The van der Waals surface area contributed by atoms with E-state index in [1.54, 1.807) is 0 Å². The molecule has 1 unspecified atom stereocenters. The van der Waals surface area contributed by atoms with Crippen molar-refractivity contribution in [2.75, 3.05) is 5.32 Å². The van der Waals surface area contributed by atoms with Gasteiger partial charge in [0, 0.05) is 10.6 Å². The lowest BCUT2D eigenvalue weighted by Crippen LogP contribution is -2.49. The number of halogens is 4. The molecule has 0 radical (unpaired) electrons. The maximum absolute atomic E-state index is 14.5. The fourth-order valence-electron chi connectivity index (χ4n) is 3.75. The van der Waals surface area contributed by atoms with Crippen LogP contribution in [-0.4, -0.2) is 6.18 Å². The summed E-state index contributed by atoms with van der Waals surface area (Å²) in [7, 11) is 0. The Hall–Kier alpha value is -1.95. The number of fused-ring (bicyclic) bond motifs is 2. The third-order valence-electron chi connectivity index (χ3n) is 5.22. The summed E-state index contributed by atoms with van der Waals surface area (Å²) < 4.78 is 44.0. The van der Waals surface area contributed by atoms with E-state index in [9.17, 15) is 18.4 Å². The molecule has 3 nitrogen and oxygen atoms in total. The molecule has 2 aliphatic rings. The van der Waals surface area contributed by atoms with Gasteiger partial charge in [-0.25, -0.2) is 10.0 Å². The fraction of sp³-hybridized carbons (Fsp3) is 0.389. The fourth-order valence-corrected chi connectivity index (χ4v) is 3.92. The quantitative estimate of drug-likeness (QED) is 0.607. The molecule has 1 aliphatic carbocycles. The second kappa shape index (κ2) is 5.53. The van der Waals surface area contributed by atoms with Crippen LogP contribution in [-0.2, 0) is 5.41 Å². The lowest BCUT2D eigenvalue weighted by Gasteiger charge is -2.40. The summed E-state index contributed by atoms with van der Waals surface area (Å²) in [6.07, 6.45) is -1.03. The van der Waals surface area contributed by atoms with E-state index in [1.165, 1.54) is 36.5 Å². The van der Waals surface area contributed by atoms with Crippen LogP contribution in [0.4, 0.5) is 24.7 Å². The second-order valence-corrected chi connectivity index (χ2v) is 7.23. The largest absolute Gasteiger partial charge is 0.711 e. The lowest BCUT2D eigenvalue weighted by molar-refractivity contribution is -0.590. The molecule has 1 atom stereocenters. The van der Waals surface area contributed by atoms with Crippen LogP contribution < -0.4 is 10.0 Å². The smallest absolute Gasteiger partial charge is 0.402 e. The van der Waals surface area contributed by atoms with Gasteiger partial charge < -0.3 is 5.21 Å². The van der Waals surface area contributed by atoms with Gasteiger partial charge in [-0.3, -0.25) is 0 Å². The highest BCUT2D eigenvalue weighted by Gasteiger charge is 2.62.